The smallest absolute Gasteiger partial charge is 0.267 e. The van der Waals surface area contributed by atoms with Crippen LogP contribution in [0.15, 0.2) is 69.3 Å². The van der Waals surface area contributed by atoms with E-state index in [4.69, 9.17) is 4.18 Å². The highest BCUT2D eigenvalue weighted by molar-refractivity contribution is 7.98. The molecule has 8 heteroatoms. The first kappa shape index (κ1) is 28.2. The van der Waals surface area contributed by atoms with Crippen molar-refractivity contribution < 1.29 is 12.6 Å². The molecule has 0 fully saturated rings. The van der Waals surface area contributed by atoms with Crippen LogP contribution in [0.25, 0.3) is 0 Å². The van der Waals surface area contributed by atoms with Gasteiger partial charge in [-0.2, -0.15) is 13.5 Å². The van der Waals surface area contributed by atoms with Crippen LogP contribution < -0.4 is 5.56 Å². The first-order valence-electron chi connectivity index (χ1n) is 11.9. The molecule has 3 aromatic rings. The van der Waals surface area contributed by atoms with Crippen molar-refractivity contribution in [2.45, 2.75) is 88.0 Å². The van der Waals surface area contributed by atoms with Gasteiger partial charge in [0.15, 0.2) is 0 Å². The molecule has 0 bridgehead atoms. The van der Waals surface area contributed by atoms with Gasteiger partial charge in [-0.15, -0.1) is 11.8 Å². The van der Waals surface area contributed by atoms with Crippen molar-refractivity contribution in [2.75, 3.05) is 0 Å². The van der Waals surface area contributed by atoms with Gasteiger partial charge in [0.25, 0.3) is 15.7 Å². The van der Waals surface area contributed by atoms with Crippen molar-refractivity contribution in [3.8, 4) is 0 Å². The summed E-state index contributed by atoms with van der Waals surface area (Å²) in [5.41, 5.74) is 2.70. The lowest BCUT2D eigenvalue weighted by Crippen LogP contribution is -2.38. The Bertz CT molecular complexity index is 1360. The molecule has 0 aliphatic carbocycles. The predicted molar refractivity (Wildman–Crippen MR) is 146 cm³/mol. The Morgan fingerprint density at radius 3 is 2.08 bits per heavy atom. The molecule has 0 saturated carbocycles. The van der Waals surface area contributed by atoms with E-state index in [0.29, 0.717) is 10.6 Å². The molecule has 0 N–H and O–H groups in total. The maximum atomic E-state index is 13.5. The molecule has 3 rings (SSSR count). The third-order valence-corrected chi connectivity index (χ3v) is 8.32. The van der Waals surface area contributed by atoms with Crippen LogP contribution in [0, 0.1) is 6.92 Å². The zero-order valence-electron chi connectivity index (χ0n) is 22.3. The molecule has 0 aliphatic rings. The molecular formula is C28H36N2O4S2. The number of nitrogens with zero attached hydrogens (tertiary/aromatic N) is 2. The molecule has 2 aromatic carbocycles. The molecule has 0 spiro atoms. The van der Waals surface area contributed by atoms with Gasteiger partial charge in [-0.25, -0.2) is 4.68 Å². The summed E-state index contributed by atoms with van der Waals surface area (Å²) in [7, 11) is -4.07. The summed E-state index contributed by atoms with van der Waals surface area (Å²) in [4.78, 5) is 14.2. The predicted octanol–water partition coefficient (Wildman–Crippen LogP) is 6.36. The fourth-order valence-electron chi connectivity index (χ4n) is 3.68. The molecule has 0 saturated heterocycles. The van der Waals surface area contributed by atoms with E-state index in [9.17, 15) is 13.2 Å². The third kappa shape index (κ3) is 6.66. The van der Waals surface area contributed by atoms with Gasteiger partial charge in [-0.1, -0.05) is 62.7 Å². The van der Waals surface area contributed by atoms with E-state index in [1.165, 1.54) is 34.1 Å². The molecule has 36 heavy (non-hydrogen) atoms. The zero-order valence-corrected chi connectivity index (χ0v) is 24.0. The minimum atomic E-state index is -4.07. The van der Waals surface area contributed by atoms with Gasteiger partial charge < -0.3 is 0 Å². The van der Waals surface area contributed by atoms with Crippen LogP contribution in [-0.4, -0.2) is 18.2 Å². The summed E-state index contributed by atoms with van der Waals surface area (Å²) in [6.45, 7) is 15.6. The van der Waals surface area contributed by atoms with E-state index in [2.05, 4.69) is 50.1 Å². The average Bonchev–Trinajstić information content (AvgIpc) is 2.76. The molecule has 1 unspecified atom stereocenters. The van der Waals surface area contributed by atoms with E-state index >= 15 is 0 Å². The fraction of sp³-hybridized carbons (Fsp3) is 0.429. The lowest BCUT2D eigenvalue weighted by molar-refractivity contribution is 0.224. The number of rotatable bonds is 7. The monoisotopic (exact) mass is 528 g/mol. The molecule has 1 heterocycles. The maximum Gasteiger partial charge on any atom is 0.297 e. The molecule has 1 aromatic heterocycles. The highest BCUT2D eigenvalue weighted by atomic mass is 32.2. The zero-order chi connectivity index (χ0) is 26.9. The van der Waals surface area contributed by atoms with E-state index < -0.39 is 21.8 Å². The summed E-state index contributed by atoms with van der Waals surface area (Å²) < 4.78 is 32.9. The number of thioether (sulfide) groups is 1. The van der Waals surface area contributed by atoms with Crippen LogP contribution in [0.1, 0.15) is 76.8 Å². The van der Waals surface area contributed by atoms with Crippen LogP contribution in [-0.2, 0) is 31.0 Å². The lowest BCUT2D eigenvalue weighted by atomic mass is 9.87. The van der Waals surface area contributed by atoms with Crippen molar-refractivity contribution in [1.29, 1.82) is 0 Å². The van der Waals surface area contributed by atoms with E-state index in [0.717, 1.165) is 11.1 Å². The molecule has 0 radical (unpaired) electrons. The van der Waals surface area contributed by atoms with Crippen molar-refractivity contribution in [1.82, 2.24) is 9.78 Å². The van der Waals surface area contributed by atoms with Crippen LogP contribution in [0.2, 0.25) is 0 Å². The molecular weight excluding hydrogens is 492 g/mol. The van der Waals surface area contributed by atoms with Crippen molar-refractivity contribution >= 4 is 21.9 Å². The average molecular weight is 529 g/mol. The first-order valence-corrected chi connectivity index (χ1v) is 14.3. The first-order chi connectivity index (χ1) is 16.6. The summed E-state index contributed by atoms with van der Waals surface area (Å²) in [5.74, 6) is 0.607. The fourth-order valence-corrected chi connectivity index (χ4v) is 5.78. The summed E-state index contributed by atoms with van der Waals surface area (Å²) in [6, 6.07) is 14.8. The van der Waals surface area contributed by atoms with Gasteiger partial charge in [-0.3, -0.25) is 8.98 Å². The summed E-state index contributed by atoms with van der Waals surface area (Å²) in [6.07, 6.45) is 0.639. The van der Waals surface area contributed by atoms with Crippen molar-refractivity contribution in [3.63, 3.8) is 0 Å². The van der Waals surface area contributed by atoms with Crippen LogP contribution in [0.5, 0.6) is 0 Å². The van der Waals surface area contributed by atoms with Crippen molar-refractivity contribution in [3.05, 3.63) is 87.3 Å². The SMILES string of the molecule is Cc1ccc(S(=O)(=O)OC(C)c2c(SCc3ccc(C(C)(C)C)cc3)cnn(C(C)(C)C)c2=O)cc1. The second kappa shape index (κ2) is 10.5. The normalized spacial score (nSPS) is 13.6. The van der Waals surface area contributed by atoms with Gasteiger partial charge in [0.1, 0.15) is 6.10 Å². The van der Waals surface area contributed by atoms with Crippen LogP contribution in [0.3, 0.4) is 0 Å². The number of benzene rings is 2. The molecule has 0 aliphatic heterocycles. The topological polar surface area (TPSA) is 78.3 Å². The van der Waals surface area contributed by atoms with Gasteiger partial charge >= 0.3 is 0 Å². The lowest BCUT2D eigenvalue weighted by Gasteiger charge is -2.24. The summed E-state index contributed by atoms with van der Waals surface area (Å²) in [5, 5.41) is 4.39. The highest BCUT2D eigenvalue weighted by Gasteiger charge is 2.28. The highest BCUT2D eigenvalue weighted by Crippen LogP contribution is 2.32. The number of hydrogen-bond donors (Lipinski definition) is 0. The standard InChI is InChI=1S/C28H36N2O4S2/c1-19-9-15-23(16-10-19)36(32,33)34-20(2)25-24(17-29-30(26(25)31)28(6,7)8)35-18-21-11-13-22(14-12-21)27(3,4)5/h9-17,20H,18H2,1-8H3. The third-order valence-electron chi connectivity index (χ3n) is 5.82. The molecule has 194 valence electrons. The van der Waals surface area contributed by atoms with E-state index in [1.807, 2.05) is 27.7 Å². The Balaban J connectivity index is 1.95. The molecule has 0 amide bonds. The van der Waals surface area contributed by atoms with Crippen LogP contribution >= 0.6 is 11.8 Å². The summed E-state index contributed by atoms with van der Waals surface area (Å²) >= 11 is 1.45. The second-order valence-corrected chi connectivity index (χ2v) is 13.6. The Hall–Kier alpha value is -2.42. The minimum absolute atomic E-state index is 0.0540. The second-order valence-electron chi connectivity index (χ2n) is 11.1. The number of hydrogen-bond acceptors (Lipinski definition) is 6. The Morgan fingerprint density at radius 1 is 0.972 bits per heavy atom. The quantitative estimate of drug-likeness (QED) is 0.262. The number of aryl methyl sites for hydroxylation is 1. The van der Waals surface area contributed by atoms with Gasteiger partial charge in [0.2, 0.25) is 0 Å². The van der Waals surface area contributed by atoms with Crippen LogP contribution in [0.4, 0.5) is 0 Å². The Labute approximate surface area is 219 Å². The van der Waals surface area contributed by atoms with Crippen molar-refractivity contribution in [2.24, 2.45) is 0 Å². The minimum Gasteiger partial charge on any atom is -0.267 e. The molecule has 1 atom stereocenters. The Kier molecular flexibility index (Phi) is 8.23. The Morgan fingerprint density at radius 2 is 1.56 bits per heavy atom. The van der Waals surface area contributed by atoms with Gasteiger partial charge in [0.05, 0.1) is 22.2 Å². The number of aromatic nitrogens is 2. The van der Waals surface area contributed by atoms with Gasteiger partial charge in [-0.05, 0) is 63.3 Å². The maximum absolute atomic E-state index is 13.5. The van der Waals surface area contributed by atoms with E-state index in [1.54, 1.807) is 25.3 Å². The van der Waals surface area contributed by atoms with E-state index in [-0.39, 0.29) is 21.4 Å². The van der Waals surface area contributed by atoms with Gasteiger partial charge in [0, 0.05) is 10.6 Å². The molecule has 6 nitrogen and oxygen atoms in total. The largest absolute Gasteiger partial charge is 0.297 e.